The summed E-state index contributed by atoms with van der Waals surface area (Å²) >= 11 is 0. The molecule has 276 valence electrons. The molecule has 6 rings (SSSR count). The van der Waals surface area contributed by atoms with Crippen LogP contribution in [0.1, 0.15) is 64.4 Å². The SMILES string of the molecule is Cc1cc2cc(C(=O)O)cc(OC3OC(CO)C4(CCC(C)C5CCOCC5CSSCO4)C(O)C3O)c2c(O)c1C(=O)CCc1ccccc1. The minimum atomic E-state index is -1.69. The van der Waals surface area contributed by atoms with Crippen LogP contribution in [0.15, 0.2) is 48.5 Å². The quantitative estimate of drug-likeness (QED) is 0.148. The van der Waals surface area contributed by atoms with Crippen molar-refractivity contribution < 1.29 is 54.1 Å². The van der Waals surface area contributed by atoms with Crippen molar-refractivity contribution in [3.8, 4) is 11.5 Å². The molecule has 3 aromatic carbocycles. The number of rotatable bonds is 8. The standard InChI is InChI=1S/C38H46O11S2/c1-21-10-12-38(47-20-51-50-19-26-18-46-13-11-27(21)26)30(17-39)49-37(34(42)35(38)43)48-29-16-25(36(44)45)15-24-14-22(2)31(33(41)32(24)29)28(40)9-8-23-6-4-3-5-7-23/h3-7,14-16,21,26-27,30,34-35,37,39,41-43H,8-13,17-20H2,1-2H3,(H,44,45). The Kier molecular flexibility index (Phi) is 12.2. The van der Waals surface area contributed by atoms with E-state index in [9.17, 15) is 35.1 Å². The number of aliphatic hydroxyl groups is 3. The van der Waals surface area contributed by atoms with Gasteiger partial charge in [-0.25, -0.2) is 4.79 Å². The number of hydrogen-bond donors (Lipinski definition) is 5. The average molecular weight is 743 g/mol. The third-order valence-electron chi connectivity index (χ3n) is 10.7. The Morgan fingerprint density at radius 2 is 1.86 bits per heavy atom. The highest BCUT2D eigenvalue weighted by Crippen LogP contribution is 2.45. The van der Waals surface area contributed by atoms with E-state index in [4.69, 9.17) is 18.9 Å². The van der Waals surface area contributed by atoms with Gasteiger partial charge in [0, 0.05) is 18.8 Å². The molecule has 1 spiro atoms. The number of phenols is 1. The Hall–Kier alpha value is -2.88. The fourth-order valence-corrected chi connectivity index (χ4v) is 10.00. The van der Waals surface area contributed by atoms with Crippen LogP contribution >= 0.6 is 21.6 Å². The molecule has 11 nitrogen and oxygen atoms in total. The van der Waals surface area contributed by atoms with Crippen molar-refractivity contribution in [2.75, 3.05) is 31.5 Å². The molecule has 3 aromatic rings. The lowest BCUT2D eigenvalue weighted by Crippen LogP contribution is -2.69. The Bertz CT molecular complexity index is 1700. The second-order valence-electron chi connectivity index (χ2n) is 13.9. The number of fused-ring (bicyclic) bond motifs is 2. The second-order valence-corrected chi connectivity index (χ2v) is 16.3. The highest BCUT2D eigenvalue weighted by molar-refractivity contribution is 8.76. The first-order valence-electron chi connectivity index (χ1n) is 17.4. The number of hydrogen-bond acceptors (Lipinski definition) is 12. The van der Waals surface area contributed by atoms with Gasteiger partial charge in [-0.2, -0.15) is 0 Å². The molecular weight excluding hydrogens is 697 g/mol. The number of carboxylic acids is 1. The molecule has 3 aliphatic rings. The molecule has 13 heteroatoms. The van der Waals surface area contributed by atoms with Crippen LogP contribution in [-0.2, 0) is 20.6 Å². The lowest BCUT2D eigenvalue weighted by atomic mass is 9.74. The number of carbonyl (C=O) groups is 2. The third-order valence-corrected chi connectivity index (χ3v) is 12.9. The molecule has 3 heterocycles. The van der Waals surface area contributed by atoms with Crippen LogP contribution in [0, 0.1) is 24.7 Å². The van der Waals surface area contributed by atoms with Crippen molar-refractivity contribution in [3.63, 3.8) is 0 Å². The van der Waals surface area contributed by atoms with Gasteiger partial charge in [0.2, 0.25) is 6.29 Å². The Morgan fingerprint density at radius 1 is 1.08 bits per heavy atom. The number of benzene rings is 3. The van der Waals surface area contributed by atoms with Gasteiger partial charge >= 0.3 is 5.97 Å². The number of ether oxygens (including phenoxy) is 4. The monoisotopic (exact) mass is 742 g/mol. The van der Waals surface area contributed by atoms with Crippen molar-refractivity contribution in [3.05, 3.63) is 70.8 Å². The number of aromatic carboxylic acids is 1. The normalized spacial score (nSPS) is 30.3. The molecule has 0 aliphatic carbocycles. The molecular formula is C38H46O11S2. The fourth-order valence-electron chi connectivity index (χ4n) is 7.89. The maximum absolute atomic E-state index is 13.5. The summed E-state index contributed by atoms with van der Waals surface area (Å²) in [5.74, 6) is -0.00517. The van der Waals surface area contributed by atoms with Gasteiger partial charge in [0.15, 0.2) is 5.78 Å². The largest absolute Gasteiger partial charge is 0.506 e. The summed E-state index contributed by atoms with van der Waals surface area (Å²) in [7, 11) is 3.15. The molecule has 5 N–H and O–H groups in total. The van der Waals surface area contributed by atoms with Crippen LogP contribution in [0.5, 0.6) is 11.5 Å². The van der Waals surface area contributed by atoms with E-state index in [1.54, 1.807) is 23.8 Å². The topological polar surface area (TPSA) is 172 Å². The van der Waals surface area contributed by atoms with E-state index in [-0.39, 0.29) is 46.3 Å². The van der Waals surface area contributed by atoms with Crippen LogP contribution < -0.4 is 4.74 Å². The van der Waals surface area contributed by atoms with Crippen LogP contribution in [0.25, 0.3) is 10.8 Å². The fraction of sp³-hybridized carbons (Fsp3) is 0.526. The predicted molar refractivity (Wildman–Crippen MR) is 194 cm³/mol. The van der Waals surface area contributed by atoms with Gasteiger partial charge in [-0.15, -0.1) is 0 Å². The first-order valence-corrected chi connectivity index (χ1v) is 19.9. The molecule has 8 atom stereocenters. The molecule has 51 heavy (non-hydrogen) atoms. The number of ketones is 1. The number of phenolic OH excluding ortho intramolecular Hbond substituents is 1. The van der Waals surface area contributed by atoms with E-state index in [1.165, 1.54) is 22.9 Å². The highest BCUT2D eigenvalue weighted by atomic mass is 33.1. The molecule has 8 unspecified atom stereocenters. The van der Waals surface area contributed by atoms with Crippen LogP contribution in [0.4, 0.5) is 0 Å². The Morgan fingerprint density at radius 3 is 2.61 bits per heavy atom. The zero-order chi connectivity index (χ0) is 36.3. The zero-order valence-corrected chi connectivity index (χ0v) is 30.4. The summed E-state index contributed by atoms with van der Waals surface area (Å²) in [5.41, 5.74) is -0.136. The van der Waals surface area contributed by atoms with Crippen LogP contribution in [-0.4, -0.2) is 99.0 Å². The van der Waals surface area contributed by atoms with Crippen LogP contribution in [0.3, 0.4) is 0 Å². The number of aryl methyl sites for hydroxylation is 2. The second kappa shape index (κ2) is 16.4. The smallest absolute Gasteiger partial charge is 0.335 e. The average Bonchev–Trinajstić information content (AvgIpc) is 3.15. The summed E-state index contributed by atoms with van der Waals surface area (Å²) < 4.78 is 24.5. The van der Waals surface area contributed by atoms with Gasteiger partial charge in [-0.05, 0) is 79.0 Å². The number of Topliss-reactive ketones (excluding diaryl/α,β-unsaturated/α-hetero) is 1. The maximum Gasteiger partial charge on any atom is 0.335 e. The minimum Gasteiger partial charge on any atom is -0.506 e. The van der Waals surface area contributed by atoms with Gasteiger partial charge in [-0.1, -0.05) is 64.9 Å². The zero-order valence-electron chi connectivity index (χ0n) is 28.7. The third kappa shape index (κ3) is 7.91. The van der Waals surface area contributed by atoms with Crippen molar-refractivity contribution in [1.82, 2.24) is 0 Å². The maximum atomic E-state index is 13.5. The predicted octanol–water partition coefficient (Wildman–Crippen LogP) is 5.36. The minimum absolute atomic E-state index is 0.0549. The Labute approximate surface area is 305 Å². The van der Waals surface area contributed by atoms with Crippen molar-refractivity contribution in [1.29, 1.82) is 0 Å². The molecule has 0 aromatic heterocycles. The summed E-state index contributed by atoms with van der Waals surface area (Å²) in [6, 6.07) is 13.7. The number of aliphatic hydroxyl groups excluding tert-OH is 3. The summed E-state index contributed by atoms with van der Waals surface area (Å²) in [4.78, 5) is 25.7. The van der Waals surface area contributed by atoms with Crippen molar-refractivity contribution >= 4 is 44.1 Å². The molecule has 0 bridgehead atoms. The van der Waals surface area contributed by atoms with Gasteiger partial charge in [0.05, 0.1) is 29.7 Å². The van der Waals surface area contributed by atoms with Crippen molar-refractivity contribution in [2.24, 2.45) is 17.8 Å². The van der Waals surface area contributed by atoms with E-state index in [0.717, 1.165) is 17.7 Å². The number of carboxylic acid groups (broad SMARTS) is 1. The molecule has 3 fully saturated rings. The molecule has 0 amide bonds. The van der Waals surface area contributed by atoms with Crippen LogP contribution in [0.2, 0.25) is 0 Å². The first-order chi connectivity index (χ1) is 24.5. The lowest BCUT2D eigenvalue weighted by Gasteiger charge is -2.50. The number of aromatic hydroxyl groups is 1. The summed E-state index contributed by atoms with van der Waals surface area (Å²) in [6.07, 6.45) is -3.51. The van der Waals surface area contributed by atoms with E-state index in [1.807, 2.05) is 30.3 Å². The van der Waals surface area contributed by atoms with E-state index in [2.05, 4.69) is 6.92 Å². The first kappa shape index (κ1) is 37.9. The molecule has 0 radical (unpaired) electrons. The van der Waals surface area contributed by atoms with E-state index < -0.39 is 48.5 Å². The Balaban J connectivity index is 1.30. The molecule has 3 aliphatic heterocycles. The summed E-state index contributed by atoms with van der Waals surface area (Å²) in [6.45, 7) is 4.68. The van der Waals surface area contributed by atoms with Crippen molar-refractivity contribution in [2.45, 2.75) is 76.2 Å². The summed E-state index contributed by atoms with van der Waals surface area (Å²) in [5, 5.41) is 55.9. The van der Waals surface area contributed by atoms with Gasteiger partial charge in [-0.3, -0.25) is 4.79 Å². The van der Waals surface area contributed by atoms with Gasteiger partial charge < -0.3 is 44.5 Å². The van der Waals surface area contributed by atoms with Gasteiger partial charge in [0.1, 0.15) is 41.4 Å². The van der Waals surface area contributed by atoms with E-state index in [0.29, 0.717) is 55.3 Å². The molecule has 3 saturated heterocycles. The number of carbonyl (C=O) groups excluding carboxylic acids is 1. The van der Waals surface area contributed by atoms with E-state index >= 15 is 0 Å². The highest BCUT2D eigenvalue weighted by Gasteiger charge is 2.57. The lowest BCUT2D eigenvalue weighted by molar-refractivity contribution is -0.322. The van der Waals surface area contributed by atoms with Gasteiger partial charge in [0.25, 0.3) is 0 Å². The molecule has 0 saturated carbocycles.